The number of benzene rings is 2. The van der Waals surface area contributed by atoms with Crippen molar-refractivity contribution in [2.45, 2.75) is 89.3 Å². The third-order valence-corrected chi connectivity index (χ3v) is 8.21. The standard InChI is InChI=1S/C30H34O8/c1-3-29(13-5-6-14-29)37-27(35)23-17-19(9-11-21(23)25(31)32)20-10-12-22(26(33)34)24(18-20)28(36)38-30(4-2)15-7-8-16-30/h9-12,17-18H,3-8,13-16H2,1-2H3,(H,31,32)(H,33,34). The molecule has 0 bridgehead atoms. The van der Waals surface area contributed by atoms with E-state index in [-0.39, 0.29) is 22.3 Å². The van der Waals surface area contributed by atoms with Gasteiger partial charge in [-0.3, -0.25) is 0 Å². The zero-order chi connectivity index (χ0) is 27.5. The Kier molecular flexibility index (Phi) is 7.90. The van der Waals surface area contributed by atoms with Crippen LogP contribution in [0.25, 0.3) is 11.1 Å². The molecular formula is C30H34O8. The van der Waals surface area contributed by atoms with Gasteiger partial charge in [-0.25, -0.2) is 19.2 Å². The summed E-state index contributed by atoms with van der Waals surface area (Å²) in [5.41, 5.74) is -0.829. The molecule has 0 spiro atoms. The van der Waals surface area contributed by atoms with Crippen LogP contribution in [0, 0.1) is 0 Å². The molecule has 0 heterocycles. The lowest BCUT2D eigenvalue weighted by Crippen LogP contribution is -2.32. The van der Waals surface area contributed by atoms with Gasteiger partial charge >= 0.3 is 23.9 Å². The van der Waals surface area contributed by atoms with Gasteiger partial charge < -0.3 is 19.7 Å². The van der Waals surface area contributed by atoms with Crippen LogP contribution in [0.5, 0.6) is 0 Å². The molecule has 2 aromatic rings. The first-order valence-electron chi connectivity index (χ1n) is 13.3. The first-order valence-corrected chi connectivity index (χ1v) is 13.3. The largest absolute Gasteiger partial charge is 0.478 e. The maximum Gasteiger partial charge on any atom is 0.339 e. The SMILES string of the molecule is CCC1(OC(=O)c2cc(-c3ccc(C(=O)O)c(C(=O)OC4(CC)CCCC4)c3)ccc2C(=O)O)CCCC1. The van der Waals surface area contributed by atoms with Crippen LogP contribution >= 0.6 is 0 Å². The van der Waals surface area contributed by atoms with Gasteiger partial charge in [-0.2, -0.15) is 0 Å². The fourth-order valence-corrected chi connectivity index (χ4v) is 5.76. The molecule has 0 unspecified atom stereocenters. The number of carbonyl (C=O) groups excluding carboxylic acids is 2. The molecule has 2 N–H and O–H groups in total. The fraction of sp³-hybridized carbons (Fsp3) is 0.467. The highest BCUT2D eigenvalue weighted by Crippen LogP contribution is 2.38. The second-order valence-electron chi connectivity index (χ2n) is 10.4. The highest BCUT2D eigenvalue weighted by atomic mass is 16.6. The Labute approximate surface area is 222 Å². The monoisotopic (exact) mass is 522 g/mol. The number of carboxylic acid groups (broad SMARTS) is 2. The smallest absolute Gasteiger partial charge is 0.339 e. The molecule has 0 radical (unpaired) electrons. The lowest BCUT2D eigenvalue weighted by molar-refractivity contribution is -0.0183. The van der Waals surface area contributed by atoms with E-state index in [9.17, 15) is 29.4 Å². The van der Waals surface area contributed by atoms with Gasteiger partial charge in [0, 0.05) is 0 Å². The maximum atomic E-state index is 13.2. The van der Waals surface area contributed by atoms with Crippen LogP contribution in [-0.4, -0.2) is 45.3 Å². The van der Waals surface area contributed by atoms with Crippen LogP contribution in [0.2, 0.25) is 0 Å². The van der Waals surface area contributed by atoms with E-state index < -0.39 is 35.1 Å². The third kappa shape index (κ3) is 5.44. The summed E-state index contributed by atoms with van der Waals surface area (Å²) >= 11 is 0. The van der Waals surface area contributed by atoms with Crippen molar-refractivity contribution in [3.63, 3.8) is 0 Å². The molecule has 38 heavy (non-hydrogen) atoms. The molecule has 0 aliphatic heterocycles. The van der Waals surface area contributed by atoms with E-state index in [1.54, 1.807) is 0 Å². The number of hydrogen-bond donors (Lipinski definition) is 2. The summed E-state index contributed by atoms with van der Waals surface area (Å²) < 4.78 is 11.7. The Bertz CT molecular complexity index is 1150. The number of carboxylic acids is 2. The van der Waals surface area contributed by atoms with Crippen molar-refractivity contribution in [3.8, 4) is 11.1 Å². The van der Waals surface area contributed by atoms with Gasteiger partial charge in [0.2, 0.25) is 0 Å². The van der Waals surface area contributed by atoms with Crippen molar-refractivity contribution >= 4 is 23.9 Å². The minimum Gasteiger partial charge on any atom is -0.478 e. The molecule has 0 atom stereocenters. The van der Waals surface area contributed by atoms with E-state index in [0.717, 1.165) is 51.4 Å². The predicted octanol–water partition coefficient (Wildman–Crippen LogP) is 6.51. The molecule has 2 aromatic carbocycles. The molecular weight excluding hydrogens is 488 g/mol. The van der Waals surface area contributed by atoms with Crippen molar-refractivity contribution in [1.29, 1.82) is 0 Å². The van der Waals surface area contributed by atoms with Gasteiger partial charge in [0.1, 0.15) is 11.2 Å². The zero-order valence-electron chi connectivity index (χ0n) is 21.9. The van der Waals surface area contributed by atoms with Crippen molar-refractivity contribution in [3.05, 3.63) is 58.7 Å². The molecule has 2 aliphatic carbocycles. The van der Waals surface area contributed by atoms with Gasteiger partial charge in [-0.15, -0.1) is 0 Å². The number of aromatic carboxylic acids is 2. The van der Waals surface area contributed by atoms with Crippen LogP contribution in [-0.2, 0) is 9.47 Å². The summed E-state index contributed by atoms with van der Waals surface area (Å²) in [5, 5.41) is 19.4. The molecule has 202 valence electrons. The van der Waals surface area contributed by atoms with Crippen molar-refractivity contribution in [2.75, 3.05) is 0 Å². The number of carbonyl (C=O) groups is 4. The van der Waals surface area contributed by atoms with Gasteiger partial charge in [-0.1, -0.05) is 26.0 Å². The molecule has 2 saturated carbocycles. The quantitative estimate of drug-likeness (QED) is 0.357. The Morgan fingerprint density at radius 1 is 0.632 bits per heavy atom. The molecule has 4 rings (SSSR count). The van der Waals surface area contributed by atoms with E-state index in [1.807, 2.05) is 13.8 Å². The van der Waals surface area contributed by atoms with Crippen LogP contribution < -0.4 is 0 Å². The molecule has 0 aromatic heterocycles. The topological polar surface area (TPSA) is 127 Å². The first-order chi connectivity index (χ1) is 18.1. The highest BCUT2D eigenvalue weighted by molar-refractivity contribution is 6.05. The molecule has 8 nitrogen and oxygen atoms in total. The average molecular weight is 523 g/mol. The summed E-state index contributed by atoms with van der Waals surface area (Å²) in [4.78, 5) is 50.3. The normalized spacial score (nSPS) is 17.6. The minimum atomic E-state index is -1.26. The van der Waals surface area contributed by atoms with Gasteiger partial charge in [0.15, 0.2) is 0 Å². The third-order valence-electron chi connectivity index (χ3n) is 8.21. The van der Waals surface area contributed by atoms with Crippen LogP contribution in [0.1, 0.15) is 119 Å². The summed E-state index contributed by atoms with van der Waals surface area (Å²) in [5.74, 6) is -3.93. The summed E-state index contributed by atoms with van der Waals surface area (Å²) in [6.07, 6.45) is 8.00. The van der Waals surface area contributed by atoms with Gasteiger partial charge in [-0.05, 0) is 99.6 Å². The summed E-state index contributed by atoms with van der Waals surface area (Å²) in [6, 6.07) is 8.57. The van der Waals surface area contributed by atoms with E-state index in [4.69, 9.17) is 9.47 Å². The van der Waals surface area contributed by atoms with E-state index >= 15 is 0 Å². The maximum absolute atomic E-state index is 13.2. The number of hydrogen-bond acceptors (Lipinski definition) is 6. The molecule has 0 amide bonds. The highest BCUT2D eigenvalue weighted by Gasteiger charge is 2.38. The molecule has 8 heteroatoms. The van der Waals surface area contributed by atoms with Crippen LogP contribution in [0.4, 0.5) is 0 Å². The van der Waals surface area contributed by atoms with Gasteiger partial charge in [0.05, 0.1) is 22.3 Å². The summed E-state index contributed by atoms with van der Waals surface area (Å²) in [6.45, 7) is 3.90. The van der Waals surface area contributed by atoms with E-state index in [0.29, 0.717) is 24.0 Å². The number of esters is 2. The Balaban J connectivity index is 1.71. The van der Waals surface area contributed by atoms with Crippen molar-refractivity contribution < 1.29 is 38.9 Å². The van der Waals surface area contributed by atoms with E-state index in [1.165, 1.54) is 36.4 Å². The van der Waals surface area contributed by atoms with Gasteiger partial charge in [0.25, 0.3) is 0 Å². The molecule has 0 saturated heterocycles. The zero-order valence-corrected chi connectivity index (χ0v) is 21.9. The minimum absolute atomic E-state index is 0.0861. The first kappa shape index (κ1) is 27.4. The average Bonchev–Trinajstić information content (AvgIpc) is 3.58. The lowest BCUT2D eigenvalue weighted by atomic mass is 9.94. The number of rotatable bonds is 9. The van der Waals surface area contributed by atoms with Crippen LogP contribution in [0.15, 0.2) is 36.4 Å². The fourth-order valence-electron chi connectivity index (χ4n) is 5.76. The van der Waals surface area contributed by atoms with Crippen molar-refractivity contribution in [2.24, 2.45) is 0 Å². The Morgan fingerprint density at radius 2 is 0.974 bits per heavy atom. The number of ether oxygens (including phenoxy) is 2. The molecule has 2 fully saturated rings. The molecule has 2 aliphatic rings. The lowest BCUT2D eigenvalue weighted by Gasteiger charge is -2.28. The van der Waals surface area contributed by atoms with Crippen LogP contribution in [0.3, 0.4) is 0 Å². The predicted molar refractivity (Wildman–Crippen MR) is 140 cm³/mol. The Hall–Kier alpha value is -3.68. The van der Waals surface area contributed by atoms with E-state index in [2.05, 4.69) is 0 Å². The second-order valence-corrected chi connectivity index (χ2v) is 10.4. The van der Waals surface area contributed by atoms with Crippen molar-refractivity contribution in [1.82, 2.24) is 0 Å². The Morgan fingerprint density at radius 3 is 1.26 bits per heavy atom. The summed E-state index contributed by atoms with van der Waals surface area (Å²) in [7, 11) is 0. The second kappa shape index (κ2) is 11.0.